The number of benzene rings is 1. The predicted octanol–water partition coefficient (Wildman–Crippen LogP) is 4.51. The number of hydrogen-bond donors (Lipinski definition) is 1. The monoisotopic (exact) mass is 410 g/mol. The summed E-state index contributed by atoms with van der Waals surface area (Å²) >= 11 is 0. The molecule has 3 atom stereocenters. The van der Waals surface area contributed by atoms with Crippen molar-refractivity contribution in [3.05, 3.63) is 50.6 Å². The highest BCUT2D eigenvalue weighted by molar-refractivity contribution is 5.82. The van der Waals surface area contributed by atoms with Gasteiger partial charge < -0.3 is 14.3 Å². The summed E-state index contributed by atoms with van der Waals surface area (Å²) in [4.78, 5) is 16.7. The Labute approximate surface area is 176 Å². The number of aliphatic hydroxyl groups excluding tert-OH is 1. The van der Waals surface area contributed by atoms with E-state index in [2.05, 4.69) is 39.6 Å². The molecule has 0 saturated carbocycles. The molecule has 0 aliphatic carbocycles. The predicted molar refractivity (Wildman–Crippen MR) is 117 cm³/mol. The van der Waals surface area contributed by atoms with E-state index in [1.54, 1.807) is 13.1 Å². The molecule has 3 heterocycles. The van der Waals surface area contributed by atoms with Gasteiger partial charge in [0.25, 0.3) is 0 Å². The quantitative estimate of drug-likeness (QED) is 0.685. The summed E-state index contributed by atoms with van der Waals surface area (Å²) in [5.41, 5.74) is 7.37. The fourth-order valence-electron chi connectivity index (χ4n) is 4.61. The van der Waals surface area contributed by atoms with E-state index >= 15 is 0 Å². The third-order valence-corrected chi connectivity index (χ3v) is 6.63. The van der Waals surface area contributed by atoms with Gasteiger partial charge in [-0.3, -0.25) is 4.57 Å². The van der Waals surface area contributed by atoms with Crippen molar-refractivity contribution in [2.24, 2.45) is 0 Å². The molecule has 6 nitrogen and oxygen atoms in total. The first-order chi connectivity index (χ1) is 14.2. The van der Waals surface area contributed by atoms with Crippen LogP contribution in [0.25, 0.3) is 22.4 Å². The number of nitrogens with zero attached hydrogens (tertiary/aromatic N) is 2. The van der Waals surface area contributed by atoms with E-state index < -0.39 is 18.0 Å². The van der Waals surface area contributed by atoms with Crippen molar-refractivity contribution in [2.75, 3.05) is 0 Å². The van der Waals surface area contributed by atoms with Crippen LogP contribution in [0.5, 0.6) is 0 Å². The Bertz CT molecular complexity index is 1140. The first-order valence-corrected chi connectivity index (χ1v) is 10.7. The molecule has 1 N–H and O–H groups in total. The van der Waals surface area contributed by atoms with E-state index in [1.807, 2.05) is 6.07 Å². The average molecular weight is 411 g/mol. The highest BCUT2D eigenvalue weighted by Gasteiger charge is 2.32. The zero-order valence-corrected chi connectivity index (χ0v) is 18.6. The number of rotatable bonds is 4. The third-order valence-electron chi connectivity index (χ3n) is 6.63. The Morgan fingerprint density at radius 3 is 2.40 bits per heavy atom. The van der Waals surface area contributed by atoms with E-state index in [1.165, 1.54) is 32.4 Å². The normalized spacial score (nSPS) is 21.6. The first kappa shape index (κ1) is 20.8. The van der Waals surface area contributed by atoms with Gasteiger partial charge in [-0.05, 0) is 74.9 Å². The average Bonchev–Trinajstić information content (AvgIpc) is 3.25. The lowest BCUT2D eigenvalue weighted by molar-refractivity contribution is -0.00984. The van der Waals surface area contributed by atoms with Gasteiger partial charge in [0, 0.05) is 18.2 Å². The zero-order chi connectivity index (χ0) is 21.7. The van der Waals surface area contributed by atoms with E-state index in [9.17, 15) is 9.90 Å². The summed E-state index contributed by atoms with van der Waals surface area (Å²) in [7, 11) is 0. The van der Waals surface area contributed by atoms with E-state index in [-0.39, 0.29) is 6.10 Å². The molecule has 30 heavy (non-hydrogen) atoms. The molecule has 4 rings (SSSR count). The molecule has 1 saturated heterocycles. The lowest BCUT2D eigenvalue weighted by atomic mass is 9.86. The van der Waals surface area contributed by atoms with Crippen LogP contribution >= 0.6 is 0 Å². The zero-order valence-electron chi connectivity index (χ0n) is 18.6. The number of aromatic nitrogens is 2. The van der Waals surface area contributed by atoms with Crippen molar-refractivity contribution >= 4 is 11.1 Å². The summed E-state index contributed by atoms with van der Waals surface area (Å²) in [6.45, 7) is 12.6. The highest BCUT2D eigenvalue weighted by atomic mass is 16.5. The summed E-state index contributed by atoms with van der Waals surface area (Å²) in [5, 5.41) is 10.7. The van der Waals surface area contributed by atoms with Crippen LogP contribution in [-0.4, -0.2) is 26.9 Å². The molecule has 0 radical (unpaired) electrons. The van der Waals surface area contributed by atoms with Crippen LogP contribution in [0, 0.1) is 27.7 Å². The van der Waals surface area contributed by atoms with Gasteiger partial charge in [-0.25, -0.2) is 4.79 Å². The van der Waals surface area contributed by atoms with Crippen LogP contribution < -0.4 is 5.69 Å². The molecule has 3 aromatic rings. The Kier molecular flexibility index (Phi) is 5.32. The maximum Gasteiger partial charge on any atom is 0.353 e. The summed E-state index contributed by atoms with van der Waals surface area (Å²) in [6.07, 6.45) is 2.85. The van der Waals surface area contributed by atoms with Crippen molar-refractivity contribution in [1.82, 2.24) is 9.55 Å². The Morgan fingerprint density at radius 2 is 1.83 bits per heavy atom. The molecule has 1 fully saturated rings. The topological polar surface area (TPSA) is 77.5 Å². The second kappa shape index (κ2) is 7.67. The van der Waals surface area contributed by atoms with Crippen LogP contribution in [0.3, 0.4) is 0 Å². The molecular weight excluding hydrogens is 380 g/mol. The summed E-state index contributed by atoms with van der Waals surface area (Å²) < 4.78 is 13.2. The van der Waals surface area contributed by atoms with Crippen molar-refractivity contribution in [3.63, 3.8) is 0 Å². The highest BCUT2D eigenvalue weighted by Crippen LogP contribution is 2.37. The molecule has 2 unspecified atom stereocenters. The van der Waals surface area contributed by atoms with Crippen molar-refractivity contribution in [2.45, 2.75) is 79.2 Å². The van der Waals surface area contributed by atoms with Gasteiger partial charge in [0.1, 0.15) is 12.0 Å². The van der Waals surface area contributed by atoms with Crippen LogP contribution in [0.15, 0.2) is 21.5 Å². The fourth-order valence-corrected chi connectivity index (χ4v) is 4.61. The number of hydrogen-bond acceptors (Lipinski definition) is 5. The van der Waals surface area contributed by atoms with Gasteiger partial charge in [0.2, 0.25) is 5.71 Å². The Balaban J connectivity index is 1.83. The smallest absolute Gasteiger partial charge is 0.353 e. The van der Waals surface area contributed by atoms with Crippen molar-refractivity contribution in [1.29, 1.82) is 0 Å². The molecule has 0 spiro atoms. The number of furan rings is 1. The number of fused-ring (bicyclic) bond motifs is 1. The minimum atomic E-state index is -0.588. The van der Waals surface area contributed by atoms with Crippen LogP contribution in [-0.2, 0) is 11.2 Å². The maximum atomic E-state index is 12.6. The van der Waals surface area contributed by atoms with Crippen LogP contribution in [0.1, 0.15) is 60.7 Å². The molecule has 6 heteroatoms. The standard InChI is InChI=1S/C24H30N2O4/c1-7-8-18-12(2)14(4)22(15(5)13(18)3)20-9-17-11-26(24(28)25-23(17)30-20)21-10-19(27)16(6)29-21/h9,11,16,19,21,27H,7-8,10H2,1-6H3/t16?,19-,21?/m1/s1. The molecule has 1 aliphatic heterocycles. The molecule has 1 aromatic carbocycles. The van der Waals surface area contributed by atoms with E-state index in [4.69, 9.17) is 9.15 Å². The number of aliphatic hydroxyl groups is 1. The van der Waals surface area contributed by atoms with Gasteiger partial charge in [0.15, 0.2) is 0 Å². The van der Waals surface area contributed by atoms with Crippen molar-refractivity contribution < 1.29 is 14.3 Å². The third kappa shape index (κ3) is 3.28. The maximum absolute atomic E-state index is 12.6. The number of ether oxygens (including phenoxy) is 1. The van der Waals surface area contributed by atoms with Gasteiger partial charge in [-0.15, -0.1) is 0 Å². The second-order valence-corrected chi connectivity index (χ2v) is 8.50. The molecular formula is C24H30N2O4. The van der Waals surface area contributed by atoms with E-state index in [0.717, 1.165) is 29.6 Å². The van der Waals surface area contributed by atoms with Gasteiger partial charge in [-0.1, -0.05) is 13.3 Å². The van der Waals surface area contributed by atoms with Gasteiger partial charge in [-0.2, -0.15) is 4.98 Å². The molecule has 160 valence electrons. The molecule has 0 amide bonds. The fraction of sp³-hybridized carbons (Fsp3) is 0.500. The Hall–Kier alpha value is -2.44. The summed E-state index contributed by atoms with van der Waals surface area (Å²) in [5.74, 6) is 0.722. The Morgan fingerprint density at radius 1 is 1.17 bits per heavy atom. The molecule has 2 aromatic heterocycles. The van der Waals surface area contributed by atoms with E-state index in [0.29, 0.717) is 12.1 Å². The molecule has 0 bridgehead atoms. The summed E-state index contributed by atoms with van der Waals surface area (Å²) in [6, 6.07) is 1.95. The molecule has 1 aliphatic rings. The van der Waals surface area contributed by atoms with Gasteiger partial charge in [0.05, 0.1) is 17.6 Å². The minimum absolute atomic E-state index is 0.310. The van der Waals surface area contributed by atoms with Crippen molar-refractivity contribution in [3.8, 4) is 11.3 Å². The SMILES string of the molecule is CCCc1c(C)c(C)c(-c2cc3cn(C4C[C@@H](O)C(C)O4)c(=O)nc3o2)c(C)c1C. The van der Waals surface area contributed by atoms with Crippen LogP contribution in [0.2, 0.25) is 0 Å². The lowest BCUT2D eigenvalue weighted by Gasteiger charge is -2.19. The minimum Gasteiger partial charge on any atom is -0.437 e. The van der Waals surface area contributed by atoms with Gasteiger partial charge >= 0.3 is 5.69 Å². The largest absolute Gasteiger partial charge is 0.437 e. The van der Waals surface area contributed by atoms with Crippen LogP contribution in [0.4, 0.5) is 0 Å². The first-order valence-electron chi connectivity index (χ1n) is 10.7. The lowest BCUT2D eigenvalue weighted by Crippen LogP contribution is -2.26. The second-order valence-electron chi connectivity index (χ2n) is 8.50.